The van der Waals surface area contributed by atoms with Crippen LogP contribution in [0.3, 0.4) is 0 Å². The maximum absolute atomic E-state index is 12.9. The van der Waals surface area contributed by atoms with E-state index in [2.05, 4.69) is 10.0 Å². The Bertz CT molecular complexity index is 1110. The minimum absolute atomic E-state index is 0.0392. The molecule has 0 bridgehead atoms. The zero-order valence-corrected chi connectivity index (χ0v) is 17.5. The van der Waals surface area contributed by atoms with Crippen LogP contribution in [0.2, 0.25) is 0 Å². The van der Waals surface area contributed by atoms with Crippen LogP contribution in [0.1, 0.15) is 24.0 Å². The zero-order chi connectivity index (χ0) is 24.7. The highest BCUT2D eigenvalue weighted by atomic mass is 32.2. The van der Waals surface area contributed by atoms with E-state index in [1.807, 2.05) is 0 Å². The molecule has 1 saturated carbocycles. The molecule has 1 amide bonds. The molecule has 3 rings (SSSR count). The Morgan fingerprint density at radius 2 is 1.55 bits per heavy atom. The number of carbonyl (C=O) groups is 1. The molecule has 180 valence electrons. The van der Waals surface area contributed by atoms with Gasteiger partial charge in [0, 0.05) is 17.3 Å². The van der Waals surface area contributed by atoms with Gasteiger partial charge in [0.2, 0.25) is 15.9 Å². The highest BCUT2D eigenvalue weighted by Crippen LogP contribution is 2.50. The number of hydrogen-bond donors (Lipinski definition) is 3. The summed E-state index contributed by atoms with van der Waals surface area (Å²) >= 11 is 0. The molecule has 33 heavy (non-hydrogen) atoms. The third kappa shape index (κ3) is 5.47. The average molecular weight is 496 g/mol. The van der Waals surface area contributed by atoms with Gasteiger partial charge in [0.25, 0.3) is 5.60 Å². The fourth-order valence-electron chi connectivity index (χ4n) is 2.98. The monoisotopic (exact) mass is 496 g/mol. The number of benzene rings is 2. The molecule has 2 aromatic rings. The van der Waals surface area contributed by atoms with Crippen molar-refractivity contribution in [1.29, 1.82) is 0 Å². The van der Waals surface area contributed by atoms with Crippen molar-refractivity contribution in [2.75, 3.05) is 5.32 Å². The second-order valence-corrected chi connectivity index (χ2v) is 9.27. The Hall–Kier alpha value is -2.64. The van der Waals surface area contributed by atoms with E-state index in [0.29, 0.717) is 17.7 Å². The van der Waals surface area contributed by atoms with Crippen molar-refractivity contribution in [3.8, 4) is 0 Å². The van der Waals surface area contributed by atoms with Crippen LogP contribution in [0.4, 0.5) is 32.0 Å². The van der Waals surface area contributed by atoms with Crippen molar-refractivity contribution in [3.63, 3.8) is 0 Å². The fraction of sp³-hybridized carbons (Fsp3) is 0.350. The van der Waals surface area contributed by atoms with Gasteiger partial charge in [-0.25, -0.2) is 13.1 Å². The molecule has 2 aromatic carbocycles. The van der Waals surface area contributed by atoms with E-state index in [9.17, 15) is 44.7 Å². The van der Waals surface area contributed by atoms with E-state index < -0.39 is 39.4 Å². The lowest BCUT2D eigenvalue weighted by Gasteiger charge is -2.32. The predicted molar refractivity (Wildman–Crippen MR) is 105 cm³/mol. The third-order valence-corrected chi connectivity index (χ3v) is 6.40. The SMILES string of the molecule is O=C(Cc1cccc(S(=O)(=O)NC2CC2)c1)Nc1ccc(C(O)(C(F)(F)F)C(F)(F)F)cc1. The molecule has 1 aliphatic carbocycles. The predicted octanol–water partition coefficient (Wildman–Crippen LogP) is 3.62. The number of rotatable bonds is 7. The first-order chi connectivity index (χ1) is 15.1. The highest BCUT2D eigenvalue weighted by molar-refractivity contribution is 7.89. The fourth-order valence-corrected chi connectivity index (χ4v) is 4.36. The molecule has 0 heterocycles. The molecule has 0 aromatic heterocycles. The zero-order valence-electron chi connectivity index (χ0n) is 16.7. The molecule has 0 atom stereocenters. The van der Waals surface area contributed by atoms with Crippen molar-refractivity contribution in [2.45, 2.75) is 48.2 Å². The molecule has 0 radical (unpaired) electrons. The summed E-state index contributed by atoms with van der Waals surface area (Å²) in [6.07, 6.45) is -10.9. The van der Waals surface area contributed by atoms with Crippen LogP contribution in [0.15, 0.2) is 53.4 Å². The maximum atomic E-state index is 12.9. The average Bonchev–Trinajstić information content (AvgIpc) is 3.49. The molecular weight excluding hydrogens is 478 g/mol. The van der Waals surface area contributed by atoms with Crippen LogP contribution >= 0.6 is 0 Å². The molecule has 1 aliphatic rings. The van der Waals surface area contributed by atoms with Gasteiger partial charge in [-0.05, 0) is 42.7 Å². The molecule has 0 aliphatic heterocycles. The van der Waals surface area contributed by atoms with E-state index in [1.54, 1.807) is 0 Å². The van der Waals surface area contributed by atoms with Gasteiger partial charge in [0.1, 0.15) is 0 Å². The topological polar surface area (TPSA) is 95.5 Å². The summed E-state index contributed by atoms with van der Waals surface area (Å²) < 4.78 is 105. The van der Waals surface area contributed by atoms with Gasteiger partial charge >= 0.3 is 12.4 Å². The lowest BCUT2D eigenvalue weighted by atomic mass is 9.92. The first-order valence-electron chi connectivity index (χ1n) is 9.51. The largest absolute Gasteiger partial charge is 0.430 e. The summed E-state index contributed by atoms with van der Waals surface area (Å²) in [7, 11) is -3.75. The molecule has 0 unspecified atom stereocenters. The lowest BCUT2D eigenvalue weighted by Crippen LogP contribution is -2.53. The van der Waals surface area contributed by atoms with Gasteiger partial charge in [-0.2, -0.15) is 26.3 Å². The van der Waals surface area contributed by atoms with E-state index in [0.717, 1.165) is 25.0 Å². The third-order valence-electron chi connectivity index (χ3n) is 4.88. The van der Waals surface area contributed by atoms with Crippen LogP contribution in [-0.4, -0.2) is 37.8 Å². The van der Waals surface area contributed by atoms with E-state index >= 15 is 0 Å². The normalized spacial score (nSPS) is 15.4. The van der Waals surface area contributed by atoms with Crippen molar-refractivity contribution in [1.82, 2.24) is 4.72 Å². The van der Waals surface area contributed by atoms with Crippen molar-refractivity contribution < 1.29 is 44.7 Å². The number of alkyl halides is 6. The molecule has 0 saturated heterocycles. The smallest absolute Gasteiger partial charge is 0.369 e. The number of sulfonamides is 1. The molecule has 6 nitrogen and oxygen atoms in total. The number of aliphatic hydroxyl groups is 1. The van der Waals surface area contributed by atoms with Gasteiger partial charge in [0.15, 0.2) is 0 Å². The Morgan fingerprint density at radius 3 is 2.06 bits per heavy atom. The van der Waals surface area contributed by atoms with Crippen molar-refractivity contribution >= 4 is 21.6 Å². The lowest BCUT2D eigenvalue weighted by molar-refractivity contribution is -0.376. The summed E-state index contributed by atoms with van der Waals surface area (Å²) in [5.74, 6) is -0.686. The molecule has 0 spiro atoms. The Morgan fingerprint density at radius 1 is 0.970 bits per heavy atom. The van der Waals surface area contributed by atoms with Crippen LogP contribution in [0.5, 0.6) is 0 Å². The standard InChI is InChI=1S/C20H18F6N2O4S/c21-19(22,23)18(30,20(24,25)26)13-4-6-14(7-5-13)27-17(29)11-12-2-1-3-16(10-12)33(31,32)28-15-8-9-15/h1-7,10,15,28,30H,8-9,11H2,(H,27,29). The Labute approximate surface area is 184 Å². The van der Waals surface area contributed by atoms with Gasteiger partial charge in [-0.1, -0.05) is 24.3 Å². The van der Waals surface area contributed by atoms with E-state index in [4.69, 9.17) is 0 Å². The molecule has 1 fully saturated rings. The first-order valence-corrected chi connectivity index (χ1v) is 11.0. The number of amides is 1. The quantitative estimate of drug-likeness (QED) is 0.511. The summed E-state index contributed by atoms with van der Waals surface area (Å²) in [6.45, 7) is 0. The van der Waals surface area contributed by atoms with Crippen LogP contribution in [0, 0.1) is 0 Å². The van der Waals surface area contributed by atoms with Crippen molar-refractivity contribution in [2.24, 2.45) is 0 Å². The van der Waals surface area contributed by atoms with Crippen LogP contribution < -0.4 is 10.0 Å². The second-order valence-electron chi connectivity index (χ2n) is 7.55. The van der Waals surface area contributed by atoms with Gasteiger partial charge in [-0.15, -0.1) is 0 Å². The minimum Gasteiger partial charge on any atom is -0.369 e. The van der Waals surface area contributed by atoms with E-state index in [1.165, 1.54) is 24.3 Å². The van der Waals surface area contributed by atoms with Crippen LogP contribution in [0.25, 0.3) is 0 Å². The minimum atomic E-state index is -6.02. The maximum Gasteiger partial charge on any atom is 0.430 e. The van der Waals surface area contributed by atoms with Gasteiger partial charge < -0.3 is 10.4 Å². The number of carbonyl (C=O) groups excluding carboxylic acids is 1. The second kappa shape index (κ2) is 8.61. The molecule has 3 N–H and O–H groups in total. The molecule has 13 heteroatoms. The summed E-state index contributed by atoms with van der Waals surface area (Å²) in [5, 5.41) is 11.7. The molecular formula is C20H18F6N2O4S. The summed E-state index contributed by atoms with van der Waals surface area (Å²) in [5.41, 5.74) is -6.31. The van der Waals surface area contributed by atoms with Crippen molar-refractivity contribution in [3.05, 3.63) is 59.7 Å². The number of nitrogens with one attached hydrogen (secondary N) is 2. The Kier molecular flexibility index (Phi) is 6.52. The van der Waals surface area contributed by atoms with E-state index in [-0.39, 0.29) is 23.0 Å². The first kappa shape index (κ1) is 25.0. The highest BCUT2D eigenvalue weighted by Gasteiger charge is 2.71. The number of halogens is 6. The van der Waals surface area contributed by atoms with Crippen LogP contribution in [-0.2, 0) is 26.8 Å². The number of anilines is 1. The summed E-state index contributed by atoms with van der Waals surface area (Å²) in [6, 6.07) is 7.86. The van der Waals surface area contributed by atoms with Gasteiger partial charge in [0.05, 0.1) is 11.3 Å². The van der Waals surface area contributed by atoms with Gasteiger partial charge in [-0.3, -0.25) is 4.79 Å². The number of hydrogen-bond acceptors (Lipinski definition) is 4. The summed E-state index contributed by atoms with van der Waals surface area (Å²) in [4.78, 5) is 12.2. The Balaban J connectivity index is 1.71.